The van der Waals surface area contributed by atoms with E-state index in [2.05, 4.69) is 190 Å². The fourth-order valence-electron chi connectivity index (χ4n) is 8.57. The highest BCUT2D eigenvalue weighted by molar-refractivity contribution is 6.09. The Morgan fingerprint density at radius 3 is 1.98 bits per heavy atom. The number of ether oxygens (including phenoxy) is 1. The maximum atomic E-state index is 6.78. The SMILES string of the molecule is Cc1ccc(-c2nncn2-c2c(C)c(C)c(C)c(C)c2C)cc1Oc1ccc2c3ccccc3n(-c3cc(-c4ccccc4-c4c(C)cccc4C)ccn3)c2c1. The molecule has 6 nitrogen and oxygen atoms in total. The third-order valence-corrected chi connectivity index (χ3v) is 12.0. The van der Waals surface area contributed by atoms with Crippen LogP contribution < -0.4 is 4.74 Å². The summed E-state index contributed by atoms with van der Waals surface area (Å²) in [4.78, 5) is 4.98. The summed E-state index contributed by atoms with van der Waals surface area (Å²) in [5.41, 5.74) is 18.8. The van der Waals surface area contributed by atoms with E-state index in [9.17, 15) is 0 Å². The molecular weight excluding hydrogens is 699 g/mol. The molecule has 3 aromatic heterocycles. The molecule has 0 radical (unpaired) electrons. The van der Waals surface area contributed by atoms with Crippen molar-refractivity contribution in [1.29, 1.82) is 0 Å². The molecule has 0 N–H and O–H groups in total. The normalized spacial score (nSPS) is 11.5. The lowest BCUT2D eigenvalue weighted by Gasteiger charge is -2.20. The minimum atomic E-state index is 0.737. The van der Waals surface area contributed by atoms with E-state index in [0.29, 0.717) is 0 Å². The van der Waals surface area contributed by atoms with Crippen molar-refractivity contribution in [1.82, 2.24) is 24.3 Å². The molecule has 0 bridgehead atoms. The molecule has 6 heteroatoms. The van der Waals surface area contributed by atoms with Crippen LogP contribution in [0, 0.1) is 55.4 Å². The molecule has 0 saturated carbocycles. The Hall–Kier alpha value is -6.79. The van der Waals surface area contributed by atoms with Crippen LogP contribution in [0.3, 0.4) is 0 Å². The van der Waals surface area contributed by atoms with Crippen LogP contribution in [0.25, 0.3) is 67.0 Å². The van der Waals surface area contributed by atoms with Crippen molar-refractivity contribution in [2.24, 2.45) is 0 Å². The van der Waals surface area contributed by atoms with Gasteiger partial charge in [0.1, 0.15) is 23.6 Å². The second-order valence-corrected chi connectivity index (χ2v) is 15.3. The van der Waals surface area contributed by atoms with Gasteiger partial charge in [-0.1, -0.05) is 72.8 Å². The van der Waals surface area contributed by atoms with Crippen molar-refractivity contribution in [2.75, 3.05) is 0 Å². The Bertz CT molecular complexity index is 2990. The van der Waals surface area contributed by atoms with Crippen molar-refractivity contribution < 1.29 is 4.74 Å². The van der Waals surface area contributed by atoms with E-state index in [0.717, 1.165) is 67.3 Å². The summed E-state index contributed by atoms with van der Waals surface area (Å²) in [7, 11) is 0. The Kier molecular flexibility index (Phi) is 8.85. The fourth-order valence-corrected chi connectivity index (χ4v) is 8.57. The Balaban J connectivity index is 1.13. The van der Waals surface area contributed by atoms with Crippen LogP contribution in [-0.4, -0.2) is 24.3 Å². The molecule has 0 aliphatic carbocycles. The molecule has 3 heterocycles. The summed E-state index contributed by atoms with van der Waals surface area (Å²) in [6, 6.07) is 40.6. The lowest BCUT2D eigenvalue weighted by atomic mass is 9.90. The molecule has 0 atom stereocenters. The van der Waals surface area contributed by atoms with Crippen molar-refractivity contribution >= 4 is 21.8 Å². The fraction of sp³-hybridized carbons (Fsp3) is 0.157. The summed E-state index contributed by atoms with van der Waals surface area (Å²) < 4.78 is 11.1. The van der Waals surface area contributed by atoms with Crippen LogP contribution in [0.1, 0.15) is 44.5 Å². The Morgan fingerprint density at radius 1 is 0.526 bits per heavy atom. The number of pyridine rings is 1. The lowest BCUT2D eigenvalue weighted by Crippen LogP contribution is -2.07. The quantitative estimate of drug-likeness (QED) is 0.163. The average molecular weight is 744 g/mol. The summed E-state index contributed by atoms with van der Waals surface area (Å²) in [5, 5.41) is 11.3. The molecule has 57 heavy (non-hydrogen) atoms. The molecular formula is C51H45N5O. The predicted molar refractivity (Wildman–Crippen MR) is 234 cm³/mol. The first-order valence-corrected chi connectivity index (χ1v) is 19.5. The summed E-state index contributed by atoms with van der Waals surface area (Å²) in [6.45, 7) is 17.4. The topological polar surface area (TPSA) is 57.8 Å². The number of benzene rings is 6. The van der Waals surface area contributed by atoms with E-state index < -0.39 is 0 Å². The molecule has 0 saturated heterocycles. The molecule has 0 unspecified atom stereocenters. The van der Waals surface area contributed by atoms with Crippen molar-refractivity contribution in [3.8, 4) is 56.6 Å². The van der Waals surface area contributed by atoms with Gasteiger partial charge in [-0.25, -0.2) is 4.98 Å². The second kappa shape index (κ2) is 14.1. The van der Waals surface area contributed by atoms with Gasteiger partial charge in [-0.2, -0.15) is 0 Å². The number of hydrogen-bond donors (Lipinski definition) is 0. The number of fused-ring (bicyclic) bond motifs is 3. The molecule has 9 aromatic rings. The molecule has 0 aliphatic heterocycles. The van der Waals surface area contributed by atoms with E-state index in [1.165, 1.54) is 55.6 Å². The average Bonchev–Trinajstić information content (AvgIpc) is 3.83. The predicted octanol–water partition coefficient (Wildman–Crippen LogP) is 13.0. The monoisotopic (exact) mass is 743 g/mol. The summed E-state index contributed by atoms with van der Waals surface area (Å²) in [5.74, 6) is 3.12. The minimum Gasteiger partial charge on any atom is -0.457 e. The Morgan fingerprint density at radius 2 is 1.21 bits per heavy atom. The van der Waals surface area contributed by atoms with Crippen LogP contribution in [0.4, 0.5) is 0 Å². The van der Waals surface area contributed by atoms with Gasteiger partial charge < -0.3 is 4.74 Å². The number of para-hydroxylation sites is 1. The number of rotatable bonds is 7. The van der Waals surface area contributed by atoms with E-state index in [1.807, 2.05) is 12.5 Å². The molecule has 0 spiro atoms. The first-order valence-electron chi connectivity index (χ1n) is 19.5. The zero-order valence-electron chi connectivity index (χ0n) is 33.8. The van der Waals surface area contributed by atoms with Gasteiger partial charge in [0, 0.05) is 28.6 Å². The maximum Gasteiger partial charge on any atom is 0.168 e. The van der Waals surface area contributed by atoms with Crippen molar-refractivity contribution in [3.63, 3.8) is 0 Å². The highest BCUT2D eigenvalue weighted by Crippen LogP contribution is 2.40. The van der Waals surface area contributed by atoms with Gasteiger partial charge in [0.15, 0.2) is 5.82 Å². The minimum absolute atomic E-state index is 0.737. The third-order valence-electron chi connectivity index (χ3n) is 12.0. The van der Waals surface area contributed by atoms with Gasteiger partial charge in [-0.3, -0.25) is 9.13 Å². The maximum absolute atomic E-state index is 6.78. The van der Waals surface area contributed by atoms with Crippen LogP contribution >= 0.6 is 0 Å². The van der Waals surface area contributed by atoms with E-state index in [4.69, 9.17) is 9.72 Å². The number of hydrogen-bond acceptors (Lipinski definition) is 4. The van der Waals surface area contributed by atoms with Crippen molar-refractivity contribution in [2.45, 2.75) is 55.4 Å². The van der Waals surface area contributed by atoms with Crippen LogP contribution in [-0.2, 0) is 0 Å². The zero-order valence-corrected chi connectivity index (χ0v) is 33.8. The van der Waals surface area contributed by atoms with Gasteiger partial charge in [0.05, 0.1) is 16.7 Å². The first kappa shape index (κ1) is 35.9. The summed E-state index contributed by atoms with van der Waals surface area (Å²) >= 11 is 0. The molecule has 9 rings (SSSR count). The van der Waals surface area contributed by atoms with Crippen LogP contribution in [0.15, 0.2) is 128 Å². The molecule has 280 valence electrons. The van der Waals surface area contributed by atoms with Crippen LogP contribution in [0.5, 0.6) is 11.5 Å². The Labute approximate surface area is 334 Å². The smallest absolute Gasteiger partial charge is 0.168 e. The van der Waals surface area contributed by atoms with Gasteiger partial charge in [-0.05, 0) is 159 Å². The van der Waals surface area contributed by atoms with Crippen LogP contribution in [0.2, 0.25) is 0 Å². The standard InChI is InChI=1S/C51H45N5O/c1-30-20-21-39(51-54-53-29-55(51)50-36(7)34(5)33(4)35(6)37(50)8)26-47(30)57-40-22-23-43-42-17-11-12-19-45(42)56(46(43)28-40)48-27-38(24-25-52-48)41-16-9-10-18-44(41)49-31(2)14-13-15-32(49)3/h9-29H,1-8H3. The molecule has 0 amide bonds. The van der Waals surface area contributed by atoms with Gasteiger partial charge in [0.2, 0.25) is 0 Å². The lowest BCUT2D eigenvalue weighted by molar-refractivity contribution is 0.479. The largest absolute Gasteiger partial charge is 0.457 e. The van der Waals surface area contributed by atoms with E-state index >= 15 is 0 Å². The molecule has 6 aromatic carbocycles. The highest BCUT2D eigenvalue weighted by Gasteiger charge is 2.20. The highest BCUT2D eigenvalue weighted by atomic mass is 16.5. The van der Waals surface area contributed by atoms with E-state index in [-0.39, 0.29) is 0 Å². The third kappa shape index (κ3) is 6.00. The molecule has 0 fully saturated rings. The van der Waals surface area contributed by atoms with Gasteiger partial charge >= 0.3 is 0 Å². The summed E-state index contributed by atoms with van der Waals surface area (Å²) in [6.07, 6.45) is 3.74. The first-order chi connectivity index (χ1) is 27.6. The molecule has 0 aliphatic rings. The second-order valence-electron chi connectivity index (χ2n) is 15.3. The zero-order chi connectivity index (χ0) is 39.5. The number of aromatic nitrogens is 5. The van der Waals surface area contributed by atoms with Gasteiger partial charge in [-0.15, -0.1) is 10.2 Å². The number of nitrogens with zero attached hydrogens (tertiary/aromatic N) is 5. The number of aryl methyl sites for hydroxylation is 3. The van der Waals surface area contributed by atoms with Crippen molar-refractivity contribution in [3.05, 3.63) is 172 Å². The van der Waals surface area contributed by atoms with Gasteiger partial charge in [0.25, 0.3) is 0 Å². The van der Waals surface area contributed by atoms with E-state index in [1.54, 1.807) is 0 Å².